The molecule has 0 fully saturated rings. The number of para-hydroxylation sites is 1. The fourth-order valence-electron chi connectivity index (χ4n) is 3.87. The molecule has 0 unspecified atom stereocenters. The lowest BCUT2D eigenvalue weighted by Crippen LogP contribution is -2.41. The molecule has 1 aromatic heterocycles. The number of fused-ring (bicyclic) bond motifs is 1. The lowest BCUT2D eigenvalue weighted by atomic mass is 9.98. The fourth-order valence-corrected chi connectivity index (χ4v) is 3.87. The molecule has 0 saturated carbocycles. The molecule has 1 amide bonds. The van der Waals surface area contributed by atoms with E-state index in [1.807, 2.05) is 79.0 Å². The number of aromatic nitrogens is 2. The van der Waals surface area contributed by atoms with Crippen molar-refractivity contribution in [1.29, 1.82) is 0 Å². The molecule has 1 atom stereocenters. The van der Waals surface area contributed by atoms with Crippen molar-refractivity contribution in [3.63, 3.8) is 0 Å². The van der Waals surface area contributed by atoms with Gasteiger partial charge in [-0.2, -0.15) is 5.10 Å². The Morgan fingerprint density at radius 3 is 2.44 bits per heavy atom. The summed E-state index contributed by atoms with van der Waals surface area (Å²) >= 11 is 0. The van der Waals surface area contributed by atoms with Crippen LogP contribution in [0.2, 0.25) is 0 Å². The van der Waals surface area contributed by atoms with Crippen LogP contribution < -0.4 is 5.32 Å². The van der Waals surface area contributed by atoms with Gasteiger partial charge in [-0.1, -0.05) is 66.7 Å². The number of esters is 1. The number of rotatable bonds is 5. The Morgan fingerprint density at radius 1 is 0.969 bits per heavy atom. The summed E-state index contributed by atoms with van der Waals surface area (Å²) in [4.78, 5) is 25.1. The molecule has 0 aliphatic carbocycles. The Bertz CT molecular complexity index is 1270. The molecule has 1 aliphatic rings. The molecule has 1 N–H and O–H groups in total. The monoisotopic (exact) mass is 423 g/mol. The summed E-state index contributed by atoms with van der Waals surface area (Å²) in [7, 11) is 0. The highest BCUT2D eigenvalue weighted by Crippen LogP contribution is 2.24. The predicted octanol–water partition coefficient (Wildman–Crippen LogP) is 3.94. The van der Waals surface area contributed by atoms with Gasteiger partial charge in [-0.3, -0.25) is 4.79 Å². The first-order valence-corrected chi connectivity index (χ1v) is 10.4. The first-order valence-electron chi connectivity index (χ1n) is 10.4. The van der Waals surface area contributed by atoms with Gasteiger partial charge in [0.1, 0.15) is 0 Å². The van der Waals surface area contributed by atoms with Crippen LogP contribution in [0, 0.1) is 0 Å². The zero-order valence-corrected chi connectivity index (χ0v) is 17.3. The van der Waals surface area contributed by atoms with E-state index in [2.05, 4.69) is 5.32 Å². The van der Waals surface area contributed by atoms with Gasteiger partial charge in [-0.05, 0) is 23.8 Å². The normalized spacial score (nSPS) is 15.0. The van der Waals surface area contributed by atoms with Crippen LogP contribution in [-0.2, 0) is 22.5 Å². The Morgan fingerprint density at radius 2 is 1.66 bits per heavy atom. The van der Waals surface area contributed by atoms with E-state index >= 15 is 0 Å². The summed E-state index contributed by atoms with van der Waals surface area (Å²) in [6, 6.07) is 26.9. The minimum atomic E-state index is -0.846. The van der Waals surface area contributed by atoms with E-state index in [9.17, 15) is 9.59 Å². The molecule has 4 aromatic rings. The van der Waals surface area contributed by atoms with Crippen molar-refractivity contribution in [2.24, 2.45) is 0 Å². The van der Waals surface area contributed by atoms with Gasteiger partial charge in [-0.25, -0.2) is 9.48 Å². The van der Waals surface area contributed by atoms with Crippen LogP contribution in [-0.4, -0.2) is 27.8 Å². The number of hydrogen-bond donors (Lipinski definition) is 1. The van der Waals surface area contributed by atoms with Crippen molar-refractivity contribution < 1.29 is 14.3 Å². The van der Waals surface area contributed by atoms with Crippen LogP contribution in [0.1, 0.15) is 21.5 Å². The second-order valence-electron chi connectivity index (χ2n) is 7.62. The van der Waals surface area contributed by atoms with Crippen LogP contribution >= 0.6 is 0 Å². The van der Waals surface area contributed by atoms with Crippen molar-refractivity contribution >= 4 is 11.9 Å². The van der Waals surface area contributed by atoms with Gasteiger partial charge in [0.05, 0.1) is 16.9 Å². The van der Waals surface area contributed by atoms with Crippen molar-refractivity contribution in [3.05, 3.63) is 108 Å². The number of benzene rings is 3. The van der Waals surface area contributed by atoms with Crippen LogP contribution in [0.15, 0.2) is 91.1 Å². The molecule has 0 radical (unpaired) electrons. The third kappa shape index (κ3) is 3.90. The Balaban J connectivity index is 1.37. The smallest absolute Gasteiger partial charge is 0.339 e. The van der Waals surface area contributed by atoms with E-state index < -0.39 is 12.1 Å². The van der Waals surface area contributed by atoms with Gasteiger partial charge < -0.3 is 10.1 Å². The van der Waals surface area contributed by atoms with Crippen molar-refractivity contribution in [1.82, 2.24) is 15.1 Å². The second-order valence-corrected chi connectivity index (χ2v) is 7.62. The molecule has 5 rings (SSSR count). The van der Waals surface area contributed by atoms with E-state index in [0.717, 1.165) is 28.1 Å². The molecule has 6 heteroatoms. The van der Waals surface area contributed by atoms with E-state index in [1.54, 1.807) is 16.8 Å². The number of amides is 1. The van der Waals surface area contributed by atoms with Crippen molar-refractivity contribution in [2.45, 2.75) is 19.1 Å². The van der Waals surface area contributed by atoms with Gasteiger partial charge in [0.2, 0.25) is 0 Å². The summed E-state index contributed by atoms with van der Waals surface area (Å²) in [6.45, 7) is 0.269. The van der Waals surface area contributed by atoms with Gasteiger partial charge >= 0.3 is 5.97 Å². The number of ether oxygens (including phenoxy) is 1. The molecule has 2 heterocycles. The van der Waals surface area contributed by atoms with Crippen LogP contribution in [0.5, 0.6) is 0 Å². The van der Waals surface area contributed by atoms with E-state index in [0.29, 0.717) is 12.0 Å². The Labute approximate surface area is 185 Å². The molecule has 158 valence electrons. The SMILES string of the molecule is O=C1O[C@@H](C(=O)NCc2cn(-c3ccccc3)nc2-c2ccccc2)Cc2ccccc21. The molecule has 0 bridgehead atoms. The third-order valence-electron chi connectivity index (χ3n) is 5.50. The average molecular weight is 423 g/mol. The molecule has 3 aromatic carbocycles. The molecular weight excluding hydrogens is 402 g/mol. The average Bonchev–Trinajstić information content (AvgIpc) is 3.28. The van der Waals surface area contributed by atoms with Crippen LogP contribution in [0.25, 0.3) is 16.9 Å². The second kappa shape index (κ2) is 8.51. The van der Waals surface area contributed by atoms with Gasteiger partial charge in [0.25, 0.3) is 5.91 Å². The molecule has 0 spiro atoms. The maximum Gasteiger partial charge on any atom is 0.339 e. The topological polar surface area (TPSA) is 73.2 Å². The van der Waals surface area contributed by atoms with Crippen molar-refractivity contribution in [2.75, 3.05) is 0 Å². The van der Waals surface area contributed by atoms with Gasteiger partial charge in [0.15, 0.2) is 6.10 Å². The number of carbonyl (C=O) groups excluding carboxylic acids is 2. The standard InChI is InChI=1S/C26H21N3O3/c30-25(23-15-19-11-7-8-14-22(19)26(31)32-23)27-16-20-17-29(21-12-5-2-6-13-21)28-24(20)18-9-3-1-4-10-18/h1-14,17,23H,15-16H2,(H,27,30)/t23-/m1/s1. The minimum Gasteiger partial charge on any atom is -0.448 e. The highest BCUT2D eigenvalue weighted by molar-refractivity contribution is 5.95. The lowest BCUT2D eigenvalue weighted by molar-refractivity contribution is -0.130. The number of cyclic esters (lactones) is 1. The summed E-state index contributed by atoms with van der Waals surface area (Å²) in [5, 5.41) is 7.69. The van der Waals surface area contributed by atoms with Crippen molar-refractivity contribution in [3.8, 4) is 16.9 Å². The van der Waals surface area contributed by atoms with E-state index in [4.69, 9.17) is 9.84 Å². The maximum absolute atomic E-state index is 12.8. The Hall–Kier alpha value is -4.19. The third-order valence-corrected chi connectivity index (χ3v) is 5.50. The Kier molecular flexibility index (Phi) is 5.25. The molecule has 1 aliphatic heterocycles. The summed E-state index contributed by atoms with van der Waals surface area (Å²) in [5.41, 5.74) is 4.90. The highest BCUT2D eigenvalue weighted by Gasteiger charge is 2.31. The van der Waals surface area contributed by atoms with Crippen LogP contribution in [0.3, 0.4) is 0 Å². The number of nitrogens with one attached hydrogen (secondary N) is 1. The highest BCUT2D eigenvalue weighted by atomic mass is 16.5. The van der Waals surface area contributed by atoms with E-state index in [1.165, 1.54) is 0 Å². The predicted molar refractivity (Wildman–Crippen MR) is 120 cm³/mol. The molecule has 32 heavy (non-hydrogen) atoms. The molecule has 6 nitrogen and oxygen atoms in total. The first-order chi connectivity index (χ1) is 15.7. The quantitative estimate of drug-likeness (QED) is 0.494. The van der Waals surface area contributed by atoms with Crippen LogP contribution in [0.4, 0.5) is 0 Å². The number of hydrogen-bond acceptors (Lipinski definition) is 4. The minimum absolute atomic E-state index is 0.269. The largest absolute Gasteiger partial charge is 0.448 e. The first kappa shape index (κ1) is 19.8. The summed E-state index contributed by atoms with van der Waals surface area (Å²) < 4.78 is 7.19. The summed E-state index contributed by atoms with van der Waals surface area (Å²) in [6.07, 6.45) is 1.43. The fraction of sp³-hybridized carbons (Fsp3) is 0.115. The zero-order valence-electron chi connectivity index (χ0n) is 17.3. The van der Waals surface area contributed by atoms with E-state index in [-0.39, 0.29) is 12.5 Å². The maximum atomic E-state index is 12.8. The van der Waals surface area contributed by atoms with Gasteiger partial charge in [0, 0.05) is 30.3 Å². The number of carbonyl (C=O) groups is 2. The zero-order chi connectivity index (χ0) is 21.9. The van der Waals surface area contributed by atoms with Gasteiger partial charge in [-0.15, -0.1) is 0 Å². The number of nitrogens with zero attached hydrogens (tertiary/aromatic N) is 2. The lowest BCUT2D eigenvalue weighted by Gasteiger charge is -2.23. The summed E-state index contributed by atoms with van der Waals surface area (Å²) in [5.74, 6) is -0.784. The molecular formula is C26H21N3O3. The molecule has 0 saturated heterocycles.